The lowest BCUT2D eigenvalue weighted by molar-refractivity contribution is 0.0980. The van der Waals surface area contributed by atoms with Crippen LogP contribution in [-0.2, 0) is 4.74 Å². The summed E-state index contributed by atoms with van der Waals surface area (Å²) >= 11 is 0. The van der Waals surface area contributed by atoms with E-state index in [1.54, 1.807) is 0 Å². The summed E-state index contributed by atoms with van der Waals surface area (Å²) in [5, 5.41) is 8.73. The lowest BCUT2D eigenvalue weighted by atomic mass is 10.0. The van der Waals surface area contributed by atoms with Crippen LogP contribution in [0.1, 0.15) is 47.6 Å². The van der Waals surface area contributed by atoms with Crippen LogP contribution in [0.5, 0.6) is 5.75 Å². The molecule has 0 aliphatic carbocycles. The number of nitriles is 1. The van der Waals surface area contributed by atoms with E-state index in [0.717, 1.165) is 54.0 Å². The maximum Gasteiger partial charge on any atom is 0.145 e. The summed E-state index contributed by atoms with van der Waals surface area (Å²) in [5.74, 6) is 4.64. The molecule has 0 spiro atoms. The Hall–Kier alpha value is -2.89. The van der Waals surface area contributed by atoms with E-state index in [1.165, 1.54) is 6.07 Å². The van der Waals surface area contributed by atoms with E-state index in [2.05, 4.69) is 18.8 Å². The number of unbranched alkanes of at least 4 members (excludes halogenated alkanes) is 1. The predicted octanol–water partition coefficient (Wildman–Crippen LogP) is 5.05. The number of nitrogens with zero attached hydrogens (tertiary/aromatic N) is 1. The Morgan fingerprint density at radius 1 is 0.893 bits per heavy atom. The highest BCUT2D eigenvalue weighted by Crippen LogP contribution is 2.21. The monoisotopic (exact) mass is 383 g/mol. The Morgan fingerprint density at radius 2 is 1.54 bits per heavy atom. The van der Waals surface area contributed by atoms with Gasteiger partial charge in [-0.25, -0.2) is 8.78 Å². The standard InChI is InChI=1S/C23H23F2NO2/c1-4-5-8-27-9-10-28-19-11-16(2)20(17(3)12-19)7-6-18-13-22(24)21(15-26)23(25)14-18/h11-14H,4-5,8-10H2,1-3H3. The topological polar surface area (TPSA) is 42.2 Å². The Labute approximate surface area is 164 Å². The van der Waals surface area contributed by atoms with Crippen molar-refractivity contribution in [1.29, 1.82) is 5.26 Å². The molecule has 0 N–H and O–H groups in total. The summed E-state index contributed by atoms with van der Waals surface area (Å²) in [4.78, 5) is 0. The average molecular weight is 383 g/mol. The minimum atomic E-state index is -0.912. The first kappa shape index (κ1) is 21.4. The molecule has 0 saturated heterocycles. The zero-order chi connectivity index (χ0) is 20.5. The smallest absolute Gasteiger partial charge is 0.145 e. The fourth-order valence-corrected chi connectivity index (χ4v) is 2.66. The quantitative estimate of drug-likeness (QED) is 0.496. The number of ether oxygens (including phenoxy) is 2. The molecule has 0 aliphatic heterocycles. The van der Waals surface area contributed by atoms with Crippen LogP contribution < -0.4 is 4.74 Å². The number of rotatable bonds is 7. The molecule has 0 fully saturated rings. The van der Waals surface area contributed by atoms with Crippen molar-refractivity contribution in [2.24, 2.45) is 0 Å². The number of benzene rings is 2. The zero-order valence-corrected chi connectivity index (χ0v) is 16.4. The van der Waals surface area contributed by atoms with Gasteiger partial charge >= 0.3 is 0 Å². The van der Waals surface area contributed by atoms with E-state index in [-0.39, 0.29) is 5.56 Å². The van der Waals surface area contributed by atoms with Crippen molar-refractivity contribution in [2.45, 2.75) is 33.6 Å². The third-order valence-electron chi connectivity index (χ3n) is 4.13. The normalized spacial score (nSPS) is 10.1. The van der Waals surface area contributed by atoms with E-state index in [0.29, 0.717) is 13.2 Å². The Morgan fingerprint density at radius 3 is 2.11 bits per heavy atom. The molecule has 0 aliphatic rings. The summed E-state index contributed by atoms with van der Waals surface area (Å²) in [6.07, 6.45) is 2.14. The number of halogens is 2. The summed E-state index contributed by atoms with van der Waals surface area (Å²) in [5.41, 5.74) is 2.17. The molecule has 0 heterocycles. The minimum absolute atomic E-state index is 0.178. The van der Waals surface area contributed by atoms with Gasteiger partial charge in [0.2, 0.25) is 0 Å². The van der Waals surface area contributed by atoms with Crippen molar-refractivity contribution in [3.8, 4) is 23.7 Å². The molecule has 0 atom stereocenters. The maximum atomic E-state index is 13.7. The molecular formula is C23H23F2NO2. The Balaban J connectivity index is 2.10. The molecular weight excluding hydrogens is 360 g/mol. The molecule has 0 saturated carbocycles. The molecule has 5 heteroatoms. The molecule has 0 unspecified atom stereocenters. The van der Waals surface area contributed by atoms with E-state index < -0.39 is 17.2 Å². The number of hydrogen-bond donors (Lipinski definition) is 0. The maximum absolute atomic E-state index is 13.7. The van der Waals surface area contributed by atoms with Gasteiger partial charge in [0.05, 0.1) is 6.61 Å². The summed E-state index contributed by atoms with van der Waals surface area (Å²) in [6.45, 7) is 7.67. The van der Waals surface area contributed by atoms with E-state index in [1.807, 2.05) is 26.0 Å². The molecule has 0 radical (unpaired) electrons. The zero-order valence-electron chi connectivity index (χ0n) is 16.4. The molecule has 2 aromatic carbocycles. The van der Waals surface area contributed by atoms with Gasteiger partial charge in [0.25, 0.3) is 0 Å². The molecule has 0 bridgehead atoms. The Kier molecular flexibility index (Phi) is 7.99. The largest absolute Gasteiger partial charge is 0.491 e. The van der Waals surface area contributed by atoms with Crippen LogP contribution >= 0.6 is 0 Å². The molecule has 2 aromatic rings. The highest BCUT2D eigenvalue weighted by molar-refractivity contribution is 5.53. The number of hydrogen-bond acceptors (Lipinski definition) is 3. The summed E-state index contributed by atoms with van der Waals surface area (Å²) < 4.78 is 38.6. The van der Waals surface area contributed by atoms with Crippen LogP contribution in [0.3, 0.4) is 0 Å². The fourth-order valence-electron chi connectivity index (χ4n) is 2.66. The van der Waals surface area contributed by atoms with Crippen molar-refractivity contribution >= 4 is 0 Å². The SMILES string of the molecule is CCCCOCCOc1cc(C)c(C#Cc2cc(F)c(C#N)c(F)c2)c(C)c1. The van der Waals surface area contributed by atoms with Gasteiger partial charge < -0.3 is 9.47 Å². The second-order valence-corrected chi connectivity index (χ2v) is 6.42. The number of aryl methyl sites for hydroxylation is 2. The highest BCUT2D eigenvalue weighted by atomic mass is 19.1. The lowest BCUT2D eigenvalue weighted by Crippen LogP contribution is -2.07. The average Bonchev–Trinajstić information content (AvgIpc) is 2.63. The van der Waals surface area contributed by atoms with Crippen LogP contribution in [0.25, 0.3) is 0 Å². The van der Waals surface area contributed by atoms with E-state index >= 15 is 0 Å². The van der Waals surface area contributed by atoms with Gasteiger partial charge in [-0.3, -0.25) is 0 Å². The van der Waals surface area contributed by atoms with E-state index in [9.17, 15) is 8.78 Å². The molecule has 2 rings (SSSR count). The van der Waals surface area contributed by atoms with Crippen molar-refractivity contribution < 1.29 is 18.3 Å². The van der Waals surface area contributed by atoms with Crippen LogP contribution in [0.2, 0.25) is 0 Å². The first-order valence-electron chi connectivity index (χ1n) is 9.19. The molecule has 28 heavy (non-hydrogen) atoms. The molecule has 0 aromatic heterocycles. The van der Waals surface area contributed by atoms with Gasteiger partial charge in [-0.15, -0.1) is 0 Å². The van der Waals surface area contributed by atoms with Crippen LogP contribution in [0.4, 0.5) is 8.78 Å². The third kappa shape index (κ3) is 5.81. The van der Waals surface area contributed by atoms with Crippen molar-refractivity contribution in [3.63, 3.8) is 0 Å². The summed E-state index contributed by atoms with van der Waals surface area (Å²) in [6, 6.07) is 7.38. The van der Waals surface area contributed by atoms with E-state index in [4.69, 9.17) is 14.7 Å². The molecule has 146 valence electrons. The fraction of sp³-hybridized carbons (Fsp3) is 0.348. The second kappa shape index (κ2) is 10.4. The van der Waals surface area contributed by atoms with Gasteiger partial charge in [0.15, 0.2) is 0 Å². The van der Waals surface area contributed by atoms with Gasteiger partial charge in [-0.2, -0.15) is 5.26 Å². The van der Waals surface area contributed by atoms with Crippen LogP contribution in [0.15, 0.2) is 24.3 Å². The van der Waals surface area contributed by atoms with Gasteiger partial charge in [-0.1, -0.05) is 25.2 Å². The van der Waals surface area contributed by atoms with Crippen molar-refractivity contribution in [3.05, 3.63) is 63.7 Å². The highest BCUT2D eigenvalue weighted by Gasteiger charge is 2.10. The van der Waals surface area contributed by atoms with Gasteiger partial charge in [-0.05, 0) is 55.7 Å². The summed E-state index contributed by atoms with van der Waals surface area (Å²) in [7, 11) is 0. The van der Waals surface area contributed by atoms with Crippen LogP contribution in [0, 0.1) is 48.7 Å². The van der Waals surface area contributed by atoms with Crippen molar-refractivity contribution in [2.75, 3.05) is 19.8 Å². The van der Waals surface area contributed by atoms with Gasteiger partial charge in [0, 0.05) is 17.7 Å². The predicted molar refractivity (Wildman–Crippen MR) is 104 cm³/mol. The Bertz CT molecular complexity index is 890. The first-order valence-corrected chi connectivity index (χ1v) is 9.19. The minimum Gasteiger partial charge on any atom is -0.491 e. The van der Waals surface area contributed by atoms with Gasteiger partial charge in [0.1, 0.15) is 35.6 Å². The van der Waals surface area contributed by atoms with Crippen LogP contribution in [-0.4, -0.2) is 19.8 Å². The second-order valence-electron chi connectivity index (χ2n) is 6.42. The molecule has 0 amide bonds. The third-order valence-corrected chi connectivity index (χ3v) is 4.13. The molecule has 3 nitrogen and oxygen atoms in total. The lowest BCUT2D eigenvalue weighted by Gasteiger charge is -2.10. The first-order chi connectivity index (χ1) is 13.5. The van der Waals surface area contributed by atoms with Crippen molar-refractivity contribution in [1.82, 2.24) is 0 Å².